The van der Waals surface area contributed by atoms with E-state index in [2.05, 4.69) is 27.9 Å². The molecule has 0 amide bonds. The first-order valence-electron chi connectivity index (χ1n) is 7.27. The molecule has 1 aliphatic rings. The highest BCUT2D eigenvalue weighted by molar-refractivity contribution is 5.56. The zero-order chi connectivity index (χ0) is 13.9. The minimum atomic E-state index is 0.766. The number of aryl methyl sites for hydroxylation is 1. The number of pyridine rings is 1. The molecule has 0 saturated heterocycles. The highest BCUT2D eigenvalue weighted by atomic mass is 15.2. The summed E-state index contributed by atoms with van der Waals surface area (Å²) >= 11 is 0. The largest absolute Gasteiger partial charge is 0.356 e. The van der Waals surface area contributed by atoms with Gasteiger partial charge in [0.2, 0.25) is 0 Å². The highest BCUT2D eigenvalue weighted by Crippen LogP contribution is 2.31. The Hall–Kier alpha value is -1.97. The van der Waals surface area contributed by atoms with Gasteiger partial charge in [0.15, 0.2) is 5.82 Å². The third-order valence-electron chi connectivity index (χ3n) is 3.64. The van der Waals surface area contributed by atoms with Crippen molar-refractivity contribution in [3.05, 3.63) is 36.3 Å². The minimum Gasteiger partial charge on any atom is -0.356 e. The molecule has 1 aliphatic carbocycles. The normalized spacial score (nSPS) is 14.3. The van der Waals surface area contributed by atoms with E-state index in [-0.39, 0.29) is 0 Å². The van der Waals surface area contributed by atoms with E-state index in [9.17, 15) is 0 Å². The SMILES string of the molecule is CCN(CC1CC1)c1cc(C)nc(-c2cccnc2)n1. The van der Waals surface area contributed by atoms with Gasteiger partial charge in [-0.2, -0.15) is 0 Å². The molecule has 0 spiro atoms. The van der Waals surface area contributed by atoms with Crippen LogP contribution in [0.25, 0.3) is 11.4 Å². The van der Waals surface area contributed by atoms with E-state index in [1.165, 1.54) is 12.8 Å². The van der Waals surface area contributed by atoms with Crippen LogP contribution in [0.1, 0.15) is 25.5 Å². The van der Waals surface area contributed by atoms with E-state index in [1.54, 1.807) is 6.20 Å². The molecule has 2 heterocycles. The average molecular weight is 268 g/mol. The summed E-state index contributed by atoms with van der Waals surface area (Å²) in [5, 5.41) is 0. The number of anilines is 1. The molecule has 1 saturated carbocycles. The van der Waals surface area contributed by atoms with Crippen molar-refractivity contribution in [2.24, 2.45) is 5.92 Å². The molecule has 4 heteroatoms. The molecule has 104 valence electrons. The molecular weight excluding hydrogens is 248 g/mol. The zero-order valence-corrected chi connectivity index (χ0v) is 12.1. The van der Waals surface area contributed by atoms with Gasteiger partial charge in [-0.05, 0) is 44.7 Å². The van der Waals surface area contributed by atoms with Gasteiger partial charge in [0.25, 0.3) is 0 Å². The van der Waals surface area contributed by atoms with Gasteiger partial charge in [0.05, 0.1) is 0 Å². The van der Waals surface area contributed by atoms with Crippen LogP contribution in [0.4, 0.5) is 5.82 Å². The van der Waals surface area contributed by atoms with Crippen LogP contribution in [0.3, 0.4) is 0 Å². The maximum Gasteiger partial charge on any atom is 0.163 e. The van der Waals surface area contributed by atoms with Crippen molar-refractivity contribution in [2.45, 2.75) is 26.7 Å². The molecule has 2 aromatic rings. The van der Waals surface area contributed by atoms with E-state index in [1.807, 2.05) is 25.3 Å². The summed E-state index contributed by atoms with van der Waals surface area (Å²) in [4.78, 5) is 15.8. The monoisotopic (exact) mass is 268 g/mol. The molecule has 0 atom stereocenters. The Kier molecular flexibility index (Phi) is 3.63. The first-order valence-corrected chi connectivity index (χ1v) is 7.27. The van der Waals surface area contributed by atoms with Crippen molar-refractivity contribution >= 4 is 5.82 Å². The lowest BCUT2D eigenvalue weighted by Crippen LogP contribution is -2.26. The van der Waals surface area contributed by atoms with Gasteiger partial charge in [0.1, 0.15) is 5.82 Å². The van der Waals surface area contributed by atoms with Crippen LogP contribution in [-0.2, 0) is 0 Å². The maximum absolute atomic E-state index is 4.73. The fourth-order valence-corrected chi connectivity index (χ4v) is 2.33. The topological polar surface area (TPSA) is 41.9 Å². The van der Waals surface area contributed by atoms with Crippen LogP contribution in [-0.4, -0.2) is 28.0 Å². The fraction of sp³-hybridized carbons (Fsp3) is 0.438. The summed E-state index contributed by atoms with van der Waals surface area (Å²) in [6.07, 6.45) is 6.30. The molecule has 4 nitrogen and oxygen atoms in total. The van der Waals surface area contributed by atoms with Gasteiger partial charge < -0.3 is 4.90 Å². The predicted octanol–water partition coefficient (Wildman–Crippen LogP) is 3.08. The van der Waals surface area contributed by atoms with Gasteiger partial charge in [-0.3, -0.25) is 4.98 Å². The smallest absolute Gasteiger partial charge is 0.163 e. The Balaban J connectivity index is 1.93. The maximum atomic E-state index is 4.73. The minimum absolute atomic E-state index is 0.766. The van der Waals surface area contributed by atoms with Crippen molar-refractivity contribution in [1.82, 2.24) is 15.0 Å². The van der Waals surface area contributed by atoms with Crippen molar-refractivity contribution in [2.75, 3.05) is 18.0 Å². The first-order chi connectivity index (χ1) is 9.76. The molecule has 1 fully saturated rings. The second-order valence-electron chi connectivity index (χ2n) is 5.41. The second kappa shape index (κ2) is 5.57. The van der Waals surface area contributed by atoms with Gasteiger partial charge >= 0.3 is 0 Å². The lowest BCUT2D eigenvalue weighted by atomic mass is 10.2. The molecule has 0 aliphatic heterocycles. The molecule has 0 unspecified atom stereocenters. The number of hydrogen-bond donors (Lipinski definition) is 0. The highest BCUT2D eigenvalue weighted by Gasteiger charge is 2.24. The summed E-state index contributed by atoms with van der Waals surface area (Å²) in [5.41, 5.74) is 1.98. The molecule has 3 rings (SSSR count). The van der Waals surface area contributed by atoms with Crippen molar-refractivity contribution in [3.8, 4) is 11.4 Å². The third kappa shape index (κ3) is 2.95. The van der Waals surface area contributed by atoms with Crippen LogP contribution in [0.15, 0.2) is 30.6 Å². The Labute approximate surface area is 119 Å². The molecule has 2 aromatic heterocycles. The third-order valence-corrected chi connectivity index (χ3v) is 3.64. The fourth-order valence-electron chi connectivity index (χ4n) is 2.33. The lowest BCUT2D eigenvalue weighted by molar-refractivity contribution is 0.730. The lowest BCUT2D eigenvalue weighted by Gasteiger charge is -2.22. The van der Waals surface area contributed by atoms with Crippen molar-refractivity contribution in [3.63, 3.8) is 0 Å². The van der Waals surface area contributed by atoms with Crippen LogP contribution in [0.5, 0.6) is 0 Å². The molecule has 20 heavy (non-hydrogen) atoms. The predicted molar refractivity (Wildman–Crippen MR) is 80.6 cm³/mol. The summed E-state index contributed by atoms with van der Waals surface area (Å²) in [6, 6.07) is 6.00. The zero-order valence-electron chi connectivity index (χ0n) is 12.1. The Morgan fingerprint density at radius 3 is 2.80 bits per heavy atom. The summed E-state index contributed by atoms with van der Waals surface area (Å²) in [5.74, 6) is 2.65. The van der Waals surface area contributed by atoms with Gasteiger partial charge in [-0.1, -0.05) is 0 Å². The van der Waals surface area contributed by atoms with E-state index >= 15 is 0 Å². The molecule has 0 N–H and O–H groups in total. The number of aromatic nitrogens is 3. The summed E-state index contributed by atoms with van der Waals surface area (Å²) < 4.78 is 0. The van der Waals surface area contributed by atoms with E-state index in [0.717, 1.165) is 41.9 Å². The van der Waals surface area contributed by atoms with Gasteiger partial charge in [-0.25, -0.2) is 9.97 Å². The van der Waals surface area contributed by atoms with Gasteiger partial charge in [0, 0.05) is 42.8 Å². The van der Waals surface area contributed by atoms with Crippen molar-refractivity contribution in [1.29, 1.82) is 0 Å². The quantitative estimate of drug-likeness (QED) is 0.835. The van der Waals surface area contributed by atoms with Gasteiger partial charge in [-0.15, -0.1) is 0 Å². The first kappa shape index (κ1) is 13.0. The standard InChI is InChI=1S/C16H20N4/c1-3-20(11-13-6-7-13)15-9-12(2)18-16(19-15)14-5-4-8-17-10-14/h4-5,8-10,13H,3,6-7,11H2,1-2H3. The Bertz CT molecular complexity index is 578. The van der Waals surface area contributed by atoms with Crippen LogP contribution < -0.4 is 4.90 Å². The number of nitrogens with zero attached hydrogens (tertiary/aromatic N) is 4. The van der Waals surface area contributed by atoms with E-state index < -0.39 is 0 Å². The summed E-state index contributed by atoms with van der Waals surface area (Å²) in [7, 11) is 0. The average Bonchev–Trinajstić information content (AvgIpc) is 3.29. The van der Waals surface area contributed by atoms with Crippen LogP contribution >= 0.6 is 0 Å². The van der Waals surface area contributed by atoms with E-state index in [4.69, 9.17) is 4.98 Å². The van der Waals surface area contributed by atoms with Crippen molar-refractivity contribution < 1.29 is 0 Å². The molecular formula is C16H20N4. The summed E-state index contributed by atoms with van der Waals surface area (Å²) in [6.45, 7) is 6.30. The Morgan fingerprint density at radius 2 is 2.15 bits per heavy atom. The molecule has 0 radical (unpaired) electrons. The van der Waals surface area contributed by atoms with Crippen LogP contribution in [0.2, 0.25) is 0 Å². The number of hydrogen-bond acceptors (Lipinski definition) is 4. The molecule has 0 aromatic carbocycles. The van der Waals surface area contributed by atoms with Crippen LogP contribution in [0, 0.1) is 12.8 Å². The molecule has 0 bridgehead atoms. The second-order valence-corrected chi connectivity index (χ2v) is 5.41. The Morgan fingerprint density at radius 1 is 1.30 bits per heavy atom. The van der Waals surface area contributed by atoms with E-state index in [0.29, 0.717) is 0 Å². The number of rotatable bonds is 5.